The number of nitrogens with one attached hydrogen (secondary N) is 1. The third kappa shape index (κ3) is 2.98. The molecule has 2 aromatic carbocycles. The highest BCUT2D eigenvalue weighted by atomic mass is 35.5. The van der Waals surface area contributed by atoms with Crippen molar-refractivity contribution in [1.82, 2.24) is 9.55 Å². The van der Waals surface area contributed by atoms with Gasteiger partial charge >= 0.3 is 0 Å². The zero-order valence-electron chi connectivity index (χ0n) is 14.1. The summed E-state index contributed by atoms with van der Waals surface area (Å²) in [5.41, 5.74) is 3.29. The summed E-state index contributed by atoms with van der Waals surface area (Å²) in [6.45, 7) is 1.67. The minimum absolute atomic E-state index is 0.534. The summed E-state index contributed by atoms with van der Waals surface area (Å²) in [4.78, 5) is 4.32. The highest BCUT2D eigenvalue weighted by molar-refractivity contribution is 6.35. The molecule has 1 N–H and O–H groups in total. The first-order valence-corrected chi connectivity index (χ1v) is 8.91. The van der Waals surface area contributed by atoms with E-state index in [1.165, 1.54) is 10.9 Å². The number of benzene rings is 2. The second kappa shape index (κ2) is 7.07. The number of pyridine rings is 1. The van der Waals surface area contributed by atoms with E-state index in [0.29, 0.717) is 16.1 Å². The Morgan fingerprint density at radius 2 is 2.00 bits per heavy atom. The fourth-order valence-electron chi connectivity index (χ4n) is 3.26. The van der Waals surface area contributed by atoms with Gasteiger partial charge < -0.3 is 9.88 Å². The van der Waals surface area contributed by atoms with Crippen molar-refractivity contribution in [2.24, 2.45) is 0 Å². The quantitative estimate of drug-likeness (QED) is 0.496. The van der Waals surface area contributed by atoms with Crippen LogP contribution in [0.15, 0.2) is 60.9 Å². The maximum atomic E-state index is 9.41. The van der Waals surface area contributed by atoms with Crippen LogP contribution >= 0.6 is 11.6 Å². The third-order valence-electron chi connectivity index (χ3n) is 4.53. The van der Waals surface area contributed by atoms with Crippen molar-refractivity contribution in [2.75, 3.05) is 11.9 Å². The molecule has 0 aliphatic heterocycles. The van der Waals surface area contributed by atoms with Crippen LogP contribution in [-0.4, -0.2) is 16.1 Å². The lowest BCUT2D eigenvalue weighted by molar-refractivity contribution is 0.683. The van der Waals surface area contributed by atoms with Crippen molar-refractivity contribution in [3.05, 3.63) is 71.5 Å². The van der Waals surface area contributed by atoms with E-state index >= 15 is 0 Å². The second-order valence-electron chi connectivity index (χ2n) is 6.14. The van der Waals surface area contributed by atoms with Crippen LogP contribution in [0.4, 0.5) is 5.69 Å². The molecule has 0 aliphatic rings. The lowest BCUT2D eigenvalue weighted by Crippen LogP contribution is -2.08. The average molecular weight is 361 g/mol. The maximum Gasteiger partial charge on any atom is 0.103 e. The van der Waals surface area contributed by atoms with E-state index in [0.717, 1.165) is 30.6 Å². The summed E-state index contributed by atoms with van der Waals surface area (Å²) in [7, 11) is 0. The number of aryl methyl sites for hydroxylation is 1. The van der Waals surface area contributed by atoms with Crippen LogP contribution < -0.4 is 5.32 Å². The highest BCUT2D eigenvalue weighted by Gasteiger charge is 2.10. The molecule has 0 saturated heterocycles. The van der Waals surface area contributed by atoms with Crippen LogP contribution in [0.1, 0.15) is 12.0 Å². The van der Waals surface area contributed by atoms with Gasteiger partial charge in [-0.25, -0.2) is 0 Å². The number of para-hydroxylation sites is 2. The van der Waals surface area contributed by atoms with Gasteiger partial charge in [-0.1, -0.05) is 41.9 Å². The zero-order valence-corrected chi connectivity index (χ0v) is 14.9. The lowest BCUT2D eigenvalue weighted by Gasteiger charge is -2.12. The molecule has 4 aromatic rings. The Bertz CT molecular complexity index is 1120. The average Bonchev–Trinajstić information content (AvgIpc) is 3.08. The van der Waals surface area contributed by atoms with E-state index in [9.17, 15) is 5.26 Å². The van der Waals surface area contributed by atoms with Gasteiger partial charge in [0.05, 0.1) is 21.8 Å². The summed E-state index contributed by atoms with van der Waals surface area (Å²) in [5, 5.41) is 15.5. The summed E-state index contributed by atoms with van der Waals surface area (Å²) < 4.78 is 2.25. The van der Waals surface area contributed by atoms with Gasteiger partial charge in [0.2, 0.25) is 0 Å². The van der Waals surface area contributed by atoms with E-state index in [1.807, 2.05) is 18.2 Å². The molecule has 2 heterocycles. The number of anilines is 1. The lowest BCUT2D eigenvalue weighted by atomic mass is 10.1. The Kier molecular flexibility index (Phi) is 4.47. The number of aromatic nitrogens is 2. The third-order valence-corrected chi connectivity index (χ3v) is 4.83. The smallest absolute Gasteiger partial charge is 0.103 e. The Morgan fingerprint density at radius 1 is 1.12 bits per heavy atom. The molecule has 0 unspecified atom stereocenters. The minimum Gasteiger partial charge on any atom is -0.383 e. The fraction of sp³-hybridized carbons (Fsp3) is 0.143. The molecule has 26 heavy (non-hydrogen) atoms. The first-order valence-electron chi connectivity index (χ1n) is 8.53. The van der Waals surface area contributed by atoms with Crippen molar-refractivity contribution < 1.29 is 0 Å². The van der Waals surface area contributed by atoms with Crippen molar-refractivity contribution in [2.45, 2.75) is 13.0 Å². The number of rotatable bonds is 5. The van der Waals surface area contributed by atoms with Crippen molar-refractivity contribution in [1.29, 1.82) is 5.26 Å². The standard InChI is InChI=1S/C21H17ClN4/c22-18-7-3-6-17-20(16(13-23)14-25-21(17)18)24-10-4-11-26-12-9-15-5-1-2-8-19(15)26/h1-3,5-9,12,14H,4,10-11H2,(H,24,25). The van der Waals surface area contributed by atoms with Gasteiger partial charge in [0.25, 0.3) is 0 Å². The van der Waals surface area contributed by atoms with Gasteiger partial charge in [0, 0.05) is 36.4 Å². The second-order valence-corrected chi connectivity index (χ2v) is 6.55. The van der Waals surface area contributed by atoms with Gasteiger partial charge in [0.15, 0.2) is 0 Å². The van der Waals surface area contributed by atoms with Crippen LogP contribution in [0.25, 0.3) is 21.8 Å². The van der Waals surface area contributed by atoms with Gasteiger partial charge in [-0.3, -0.25) is 4.98 Å². The van der Waals surface area contributed by atoms with E-state index in [4.69, 9.17) is 11.6 Å². The molecule has 4 nitrogen and oxygen atoms in total. The van der Waals surface area contributed by atoms with Crippen LogP contribution in [0, 0.1) is 11.3 Å². The van der Waals surface area contributed by atoms with Crippen molar-refractivity contribution in [3.8, 4) is 6.07 Å². The SMILES string of the molecule is N#Cc1cnc2c(Cl)cccc2c1NCCCn1ccc2ccccc21. The number of nitriles is 1. The molecular formula is C21H17ClN4. The van der Waals surface area contributed by atoms with Crippen LogP contribution in [0.5, 0.6) is 0 Å². The Labute approximate surface area is 156 Å². The fourth-order valence-corrected chi connectivity index (χ4v) is 3.48. The van der Waals surface area contributed by atoms with E-state index in [2.05, 4.69) is 57.5 Å². The number of hydrogen-bond acceptors (Lipinski definition) is 3. The molecule has 0 fully saturated rings. The molecular weight excluding hydrogens is 344 g/mol. The Balaban J connectivity index is 1.51. The van der Waals surface area contributed by atoms with E-state index < -0.39 is 0 Å². The Hall–Kier alpha value is -3.03. The van der Waals surface area contributed by atoms with E-state index in [-0.39, 0.29) is 0 Å². The predicted molar refractivity (Wildman–Crippen MR) is 107 cm³/mol. The predicted octanol–water partition coefficient (Wildman–Crippen LogP) is 5.22. The molecule has 0 spiro atoms. The molecule has 128 valence electrons. The van der Waals surface area contributed by atoms with Gasteiger partial charge in [-0.15, -0.1) is 0 Å². The molecule has 2 aromatic heterocycles. The molecule has 0 atom stereocenters. The number of fused-ring (bicyclic) bond motifs is 2. The van der Waals surface area contributed by atoms with Crippen molar-refractivity contribution in [3.63, 3.8) is 0 Å². The van der Waals surface area contributed by atoms with Crippen molar-refractivity contribution >= 4 is 39.1 Å². The van der Waals surface area contributed by atoms with E-state index in [1.54, 1.807) is 6.20 Å². The van der Waals surface area contributed by atoms with Gasteiger partial charge in [0.1, 0.15) is 6.07 Å². The van der Waals surface area contributed by atoms with Crippen LogP contribution in [-0.2, 0) is 6.54 Å². The summed E-state index contributed by atoms with van der Waals surface area (Å²) in [6.07, 6.45) is 4.64. The molecule has 5 heteroatoms. The van der Waals surface area contributed by atoms with Crippen LogP contribution in [0.3, 0.4) is 0 Å². The number of nitrogens with zero attached hydrogens (tertiary/aromatic N) is 3. The molecule has 4 rings (SSSR count). The van der Waals surface area contributed by atoms with Gasteiger partial charge in [-0.2, -0.15) is 5.26 Å². The number of hydrogen-bond donors (Lipinski definition) is 1. The summed E-state index contributed by atoms with van der Waals surface area (Å²) in [6, 6.07) is 18.3. The summed E-state index contributed by atoms with van der Waals surface area (Å²) >= 11 is 6.23. The Morgan fingerprint density at radius 3 is 2.88 bits per heavy atom. The molecule has 0 bridgehead atoms. The van der Waals surface area contributed by atoms with Gasteiger partial charge in [-0.05, 0) is 30.0 Å². The minimum atomic E-state index is 0.534. The number of halogens is 1. The monoisotopic (exact) mass is 360 g/mol. The van der Waals surface area contributed by atoms with Crippen LogP contribution in [0.2, 0.25) is 5.02 Å². The first kappa shape index (κ1) is 16.4. The first-order chi connectivity index (χ1) is 12.8. The molecule has 0 amide bonds. The largest absolute Gasteiger partial charge is 0.383 e. The topological polar surface area (TPSA) is 53.6 Å². The maximum absolute atomic E-state index is 9.41. The molecule has 0 saturated carbocycles. The summed E-state index contributed by atoms with van der Waals surface area (Å²) in [5.74, 6) is 0. The highest BCUT2D eigenvalue weighted by Crippen LogP contribution is 2.29. The molecule has 0 radical (unpaired) electrons. The normalized spacial score (nSPS) is 10.9. The molecule has 0 aliphatic carbocycles. The zero-order chi connectivity index (χ0) is 17.9.